The number of benzene rings is 1. The van der Waals surface area contributed by atoms with Gasteiger partial charge in [0.25, 0.3) is 0 Å². The maximum Gasteiger partial charge on any atom is 0.150 e. The predicted molar refractivity (Wildman–Crippen MR) is 84.0 cm³/mol. The fourth-order valence-electron chi connectivity index (χ4n) is 1.72. The van der Waals surface area contributed by atoms with Crippen LogP contribution in [0.3, 0.4) is 0 Å². The summed E-state index contributed by atoms with van der Waals surface area (Å²) in [7, 11) is 0. The van der Waals surface area contributed by atoms with Crippen molar-refractivity contribution in [2.75, 3.05) is 0 Å². The largest absolute Gasteiger partial charge is 0.298 e. The number of carbonyl (C=O) groups is 1. The number of aryl methyl sites for hydroxylation is 1. The third kappa shape index (κ3) is 7.58. The molecule has 102 valence electrons. The van der Waals surface area contributed by atoms with E-state index in [2.05, 4.69) is 23.8 Å². The summed E-state index contributed by atoms with van der Waals surface area (Å²) < 4.78 is 0. The topological polar surface area (TPSA) is 17.1 Å². The molecule has 0 saturated carbocycles. The SMILES string of the molecule is CCCCCCc1ccsc1.O=Cc1ccccc1. The quantitative estimate of drug-likeness (QED) is 0.511. The zero-order chi connectivity index (χ0) is 13.8. The Morgan fingerprint density at radius 3 is 2.37 bits per heavy atom. The van der Waals surface area contributed by atoms with Gasteiger partial charge in [0.1, 0.15) is 6.29 Å². The predicted octanol–water partition coefficient (Wildman–Crippen LogP) is 5.37. The molecular formula is C17H22OS. The van der Waals surface area contributed by atoms with Gasteiger partial charge in [-0.05, 0) is 35.2 Å². The van der Waals surface area contributed by atoms with Gasteiger partial charge in [0.15, 0.2) is 0 Å². The van der Waals surface area contributed by atoms with Crippen LogP contribution in [0.2, 0.25) is 0 Å². The van der Waals surface area contributed by atoms with Crippen molar-refractivity contribution in [1.29, 1.82) is 0 Å². The minimum absolute atomic E-state index is 0.729. The monoisotopic (exact) mass is 274 g/mol. The van der Waals surface area contributed by atoms with Gasteiger partial charge in [-0.2, -0.15) is 11.3 Å². The Labute approximate surface area is 120 Å². The van der Waals surface area contributed by atoms with Crippen LogP contribution in [0.4, 0.5) is 0 Å². The molecule has 2 heteroatoms. The van der Waals surface area contributed by atoms with E-state index >= 15 is 0 Å². The van der Waals surface area contributed by atoms with Gasteiger partial charge in [-0.15, -0.1) is 0 Å². The molecule has 0 radical (unpaired) electrons. The number of carbonyl (C=O) groups excluding carboxylic acids is 1. The summed E-state index contributed by atoms with van der Waals surface area (Å²) in [5, 5.41) is 4.42. The van der Waals surface area contributed by atoms with Crippen LogP contribution in [-0.2, 0) is 6.42 Å². The molecule has 2 aromatic rings. The highest BCUT2D eigenvalue weighted by atomic mass is 32.1. The average Bonchev–Trinajstić information content (AvgIpc) is 2.98. The third-order valence-corrected chi connectivity index (χ3v) is 3.57. The first-order valence-electron chi connectivity index (χ1n) is 6.88. The lowest BCUT2D eigenvalue weighted by Crippen LogP contribution is -1.81. The minimum Gasteiger partial charge on any atom is -0.298 e. The molecule has 0 unspecified atom stereocenters. The summed E-state index contributed by atoms with van der Waals surface area (Å²) in [6.07, 6.45) is 7.61. The molecular weight excluding hydrogens is 252 g/mol. The molecule has 0 saturated heterocycles. The molecule has 2 rings (SSSR count). The van der Waals surface area contributed by atoms with Gasteiger partial charge in [0.05, 0.1) is 0 Å². The standard InChI is InChI=1S/C10H16S.C7H6O/c1-2-3-4-5-6-10-7-8-11-9-10;8-6-7-4-2-1-3-5-7/h7-9H,2-6H2,1H3;1-6H. The number of aldehydes is 1. The Hall–Kier alpha value is -1.41. The normalized spacial score (nSPS) is 9.53. The summed E-state index contributed by atoms with van der Waals surface area (Å²) in [4.78, 5) is 10.0. The maximum absolute atomic E-state index is 10.0. The molecule has 0 spiro atoms. The lowest BCUT2D eigenvalue weighted by molar-refractivity contribution is 0.112. The maximum atomic E-state index is 10.0. The summed E-state index contributed by atoms with van der Waals surface area (Å²) >= 11 is 1.80. The minimum atomic E-state index is 0.729. The fourth-order valence-corrected chi connectivity index (χ4v) is 2.43. The second kappa shape index (κ2) is 10.5. The van der Waals surface area contributed by atoms with Crippen molar-refractivity contribution in [2.45, 2.75) is 39.0 Å². The smallest absolute Gasteiger partial charge is 0.150 e. The Morgan fingerprint density at radius 2 is 1.84 bits per heavy atom. The van der Waals surface area contributed by atoms with Crippen LogP contribution in [0, 0.1) is 0 Å². The lowest BCUT2D eigenvalue weighted by atomic mass is 10.1. The molecule has 1 nitrogen and oxygen atoms in total. The molecule has 0 amide bonds. The molecule has 0 fully saturated rings. The number of thiophene rings is 1. The highest BCUT2D eigenvalue weighted by molar-refractivity contribution is 7.07. The molecule has 1 aromatic carbocycles. The molecule has 0 N–H and O–H groups in total. The van der Waals surface area contributed by atoms with Crippen LogP contribution in [-0.4, -0.2) is 6.29 Å². The van der Waals surface area contributed by atoms with E-state index in [-0.39, 0.29) is 0 Å². The first-order chi connectivity index (χ1) is 9.36. The average molecular weight is 274 g/mol. The Balaban J connectivity index is 0.000000200. The first kappa shape index (κ1) is 15.6. The van der Waals surface area contributed by atoms with E-state index in [9.17, 15) is 4.79 Å². The van der Waals surface area contributed by atoms with E-state index in [0.29, 0.717) is 0 Å². The zero-order valence-corrected chi connectivity index (χ0v) is 12.4. The second-order valence-corrected chi connectivity index (χ2v) is 5.25. The van der Waals surface area contributed by atoms with Crippen molar-refractivity contribution in [3.8, 4) is 0 Å². The highest BCUT2D eigenvalue weighted by Gasteiger charge is 1.92. The van der Waals surface area contributed by atoms with E-state index in [0.717, 1.165) is 11.8 Å². The summed E-state index contributed by atoms with van der Waals surface area (Å²) in [5.74, 6) is 0. The van der Waals surface area contributed by atoms with E-state index in [4.69, 9.17) is 0 Å². The molecule has 1 aromatic heterocycles. The molecule has 0 aliphatic heterocycles. The van der Waals surface area contributed by atoms with Crippen molar-refractivity contribution in [1.82, 2.24) is 0 Å². The Bertz CT molecular complexity index is 420. The van der Waals surface area contributed by atoms with Crippen LogP contribution < -0.4 is 0 Å². The van der Waals surface area contributed by atoms with Crippen molar-refractivity contribution in [3.63, 3.8) is 0 Å². The van der Waals surface area contributed by atoms with E-state index in [1.165, 1.54) is 37.7 Å². The summed E-state index contributed by atoms with van der Waals surface area (Å²) in [5.41, 5.74) is 2.25. The number of hydrogen-bond donors (Lipinski definition) is 0. The molecule has 0 bridgehead atoms. The zero-order valence-electron chi connectivity index (χ0n) is 11.5. The van der Waals surface area contributed by atoms with Crippen molar-refractivity contribution in [3.05, 3.63) is 58.3 Å². The second-order valence-electron chi connectivity index (χ2n) is 4.47. The van der Waals surface area contributed by atoms with E-state index in [1.807, 2.05) is 18.2 Å². The summed E-state index contributed by atoms with van der Waals surface area (Å²) in [6, 6.07) is 11.3. The lowest BCUT2D eigenvalue weighted by Gasteiger charge is -1.96. The number of rotatable bonds is 6. The molecule has 0 atom stereocenters. The number of unbranched alkanes of at least 4 members (excludes halogenated alkanes) is 3. The van der Waals surface area contributed by atoms with Crippen molar-refractivity contribution < 1.29 is 4.79 Å². The molecule has 19 heavy (non-hydrogen) atoms. The van der Waals surface area contributed by atoms with Gasteiger partial charge in [0.2, 0.25) is 0 Å². The third-order valence-electron chi connectivity index (χ3n) is 2.83. The van der Waals surface area contributed by atoms with Gasteiger partial charge >= 0.3 is 0 Å². The van der Waals surface area contributed by atoms with Gasteiger partial charge < -0.3 is 0 Å². The Kier molecular flexibility index (Phi) is 8.65. The first-order valence-corrected chi connectivity index (χ1v) is 7.82. The van der Waals surface area contributed by atoms with Crippen LogP contribution in [0.25, 0.3) is 0 Å². The van der Waals surface area contributed by atoms with Gasteiger partial charge in [-0.25, -0.2) is 0 Å². The van der Waals surface area contributed by atoms with Crippen molar-refractivity contribution >= 4 is 17.6 Å². The molecule has 0 aliphatic rings. The number of hydrogen-bond acceptors (Lipinski definition) is 2. The van der Waals surface area contributed by atoms with Crippen LogP contribution >= 0.6 is 11.3 Å². The highest BCUT2D eigenvalue weighted by Crippen LogP contribution is 2.10. The molecule has 1 heterocycles. The Morgan fingerprint density at radius 1 is 1.05 bits per heavy atom. The van der Waals surface area contributed by atoms with Crippen LogP contribution in [0.1, 0.15) is 48.5 Å². The van der Waals surface area contributed by atoms with Gasteiger partial charge in [0, 0.05) is 5.56 Å². The van der Waals surface area contributed by atoms with Crippen molar-refractivity contribution in [2.24, 2.45) is 0 Å². The van der Waals surface area contributed by atoms with Crippen LogP contribution in [0.5, 0.6) is 0 Å². The fraction of sp³-hybridized carbons (Fsp3) is 0.353. The van der Waals surface area contributed by atoms with Crippen LogP contribution in [0.15, 0.2) is 47.2 Å². The summed E-state index contributed by atoms with van der Waals surface area (Å²) in [6.45, 7) is 2.25. The van der Waals surface area contributed by atoms with Gasteiger partial charge in [-0.1, -0.05) is 56.5 Å². The van der Waals surface area contributed by atoms with Gasteiger partial charge in [-0.3, -0.25) is 4.79 Å². The molecule has 0 aliphatic carbocycles. The van der Waals surface area contributed by atoms with E-state index in [1.54, 1.807) is 23.5 Å². The van der Waals surface area contributed by atoms with E-state index < -0.39 is 0 Å².